The minimum atomic E-state index is -0.154. The van der Waals surface area contributed by atoms with Crippen molar-refractivity contribution < 1.29 is 4.39 Å². The molecule has 1 atom stereocenters. The zero-order chi connectivity index (χ0) is 10.8. The zero-order valence-corrected chi connectivity index (χ0v) is 9.28. The van der Waals surface area contributed by atoms with Crippen LogP contribution in [-0.2, 0) is 0 Å². The highest BCUT2D eigenvalue weighted by molar-refractivity contribution is 5.47. The van der Waals surface area contributed by atoms with Gasteiger partial charge < -0.3 is 9.80 Å². The fourth-order valence-corrected chi connectivity index (χ4v) is 2.18. The topological polar surface area (TPSA) is 6.48 Å². The summed E-state index contributed by atoms with van der Waals surface area (Å²) in [5.41, 5.74) is 0.996. The summed E-state index contributed by atoms with van der Waals surface area (Å²) in [5.74, 6) is -0.154. The average Bonchev–Trinajstić information content (AvgIpc) is 2.17. The van der Waals surface area contributed by atoms with Crippen LogP contribution < -0.4 is 4.90 Å². The van der Waals surface area contributed by atoms with Crippen LogP contribution in [0.15, 0.2) is 24.3 Å². The molecule has 1 aliphatic heterocycles. The molecule has 2 nitrogen and oxygen atoms in total. The van der Waals surface area contributed by atoms with Crippen LogP contribution in [0.4, 0.5) is 10.1 Å². The predicted octanol–water partition coefficient (Wildman–Crippen LogP) is 1.97. The van der Waals surface area contributed by atoms with Gasteiger partial charge in [0.2, 0.25) is 0 Å². The number of piperazine rings is 1. The number of hydrogen-bond donors (Lipinski definition) is 0. The molecule has 0 aromatic heterocycles. The van der Waals surface area contributed by atoms with Crippen molar-refractivity contribution in [2.45, 2.75) is 13.0 Å². The van der Waals surface area contributed by atoms with Crippen LogP contribution in [0.2, 0.25) is 0 Å². The van der Waals surface area contributed by atoms with Crippen molar-refractivity contribution in [1.82, 2.24) is 4.90 Å². The van der Waals surface area contributed by atoms with Crippen LogP contribution in [0.25, 0.3) is 0 Å². The summed E-state index contributed by atoms with van der Waals surface area (Å²) in [6.07, 6.45) is 0. The lowest BCUT2D eigenvalue weighted by Crippen LogP contribution is -2.50. The van der Waals surface area contributed by atoms with E-state index in [1.807, 2.05) is 6.07 Å². The number of halogens is 1. The van der Waals surface area contributed by atoms with Crippen molar-refractivity contribution in [1.29, 1.82) is 0 Å². The second-order valence-corrected chi connectivity index (χ2v) is 4.28. The number of likely N-dealkylation sites (N-methyl/N-ethyl adjacent to an activating group) is 1. The molecule has 3 heteroatoms. The van der Waals surface area contributed by atoms with Crippen LogP contribution in [0.5, 0.6) is 0 Å². The minimum absolute atomic E-state index is 0.154. The average molecular weight is 208 g/mol. The second-order valence-electron chi connectivity index (χ2n) is 4.28. The van der Waals surface area contributed by atoms with Crippen LogP contribution in [0.3, 0.4) is 0 Å². The SMILES string of the molecule is CC1CN(C)CCN1c1cccc(F)c1. The maximum absolute atomic E-state index is 13.1. The molecule has 1 unspecified atom stereocenters. The summed E-state index contributed by atoms with van der Waals surface area (Å²) in [4.78, 5) is 4.57. The Balaban J connectivity index is 2.17. The van der Waals surface area contributed by atoms with Gasteiger partial charge >= 0.3 is 0 Å². The lowest BCUT2D eigenvalue weighted by atomic mass is 10.1. The molecule has 1 saturated heterocycles. The maximum atomic E-state index is 13.1. The van der Waals surface area contributed by atoms with E-state index in [1.165, 1.54) is 6.07 Å². The number of nitrogens with zero attached hydrogens (tertiary/aromatic N) is 2. The molecule has 82 valence electrons. The Morgan fingerprint density at radius 3 is 2.80 bits per heavy atom. The van der Waals surface area contributed by atoms with Gasteiger partial charge in [-0.15, -0.1) is 0 Å². The first-order chi connectivity index (χ1) is 7.16. The summed E-state index contributed by atoms with van der Waals surface area (Å²) >= 11 is 0. The van der Waals surface area contributed by atoms with Gasteiger partial charge in [-0.3, -0.25) is 0 Å². The van der Waals surface area contributed by atoms with E-state index >= 15 is 0 Å². The van der Waals surface area contributed by atoms with E-state index in [0.29, 0.717) is 6.04 Å². The lowest BCUT2D eigenvalue weighted by molar-refractivity contribution is 0.275. The largest absolute Gasteiger partial charge is 0.366 e. The normalized spacial score (nSPS) is 23.1. The van der Waals surface area contributed by atoms with E-state index in [4.69, 9.17) is 0 Å². The molecular formula is C12H17FN2. The third-order valence-electron chi connectivity index (χ3n) is 2.97. The third-order valence-corrected chi connectivity index (χ3v) is 2.97. The van der Waals surface area contributed by atoms with Gasteiger partial charge in [0.1, 0.15) is 5.82 Å². The Kier molecular flexibility index (Phi) is 2.91. The minimum Gasteiger partial charge on any atom is -0.366 e. The Morgan fingerprint density at radius 2 is 2.13 bits per heavy atom. The molecule has 0 spiro atoms. The van der Waals surface area contributed by atoms with Crippen LogP contribution in [0, 0.1) is 5.82 Å². The van der Waals surface area contributed by atoms with Gasteiger partial charge in [0.25, 0.3) is 0 Å². The van der Waals surface area contributed by atoms with Crippen LogP contribution in [0.1, 0.15) is 6.92 Å². The number of hydrogen-bond acceptors (Lipinski definition) is 2. The Hall–Kier alpha value is -1.09. The number of anilines is 1. The highest BCUT2D eigenvalue weighted by atomic mass is 19.1. The Morgan fingerprint density at radius 1 is 1.33 bits per heavy atom. The first-order valence-corrected chi connectivity index (χ1v) is 5.37. The third kappa shape index (κ3) is 2.29. The molecule has 2 rings (SSSR count). The van der Waals surface area contributed by atoms with Gasteiger partial charge in [0, 0.05) is 31.4 Å². The molecule has 1 aromatic carbocycles. The molecule has 0 N–H and O–H groups in total. The Labute approximate surface area is 90.3 Å². The van der Waals surface area contributed by atoms with Crippen molar-refractivity contribution in [3.63, 3.8) is 0 Å². The highest BCUT2D eigenvalue weighted by Crippen LogP contribution is 2.20. The van der Waals surface area contributed by atoms with Crippen molar-refractivity contribution in [3.8, 4) is 0 Å². The van der Waals surface area contributed by atoms with E-state index in [0.717, 1.165) is 25.3 Å². The smallest absolute Gasteiger partial charge is 0.125 e. The van der Waals surface area contributed by atoms with Crippen molar-refractivity contribution in [2.24, 2.45) is 0 Å². The first-order valence-electron chi connectivity index (χ1n) is 5.37. The van der Waals surface area contributed by atoms with Gasteiger partial charge in [-0.1, -0.05) is 6.07 Å². The summed E-state index contributed by atoms with van der Waals surface area (Å²) < 4.78 is 13.1. The van der Waals surface area contributed by atoms with E-state index in [9.17, 15) is 4.39 Å². The van der Waals surface area contributed by atoms with E-state index in [2.05, 4.69) is 23.8 Å². The molecule has 15 heavy (non-hydrogen) atoms. The van der Waals surface area contributed by atoms with Gasteiger partial charge in [-0.2, -0.15) is 0 Å². The van der Waals surface area contributed by atoms with Crippen molar-refractivity contribution in [2.75, 3.05) is 31.6 Å². The van der Waals surface area contributed by atoms with Crippen molar-refractivity contribution in [3.05, 3.63) is 30.1 Å². The van der Waals surface area contributed by atoms with Crippen molar-refractivity contribution >= 4 is 5.69 Å². The zero-order valence-electron chi connectivity index (χ0n) is 9.28. The summed E-state index contributed by atoms with van der Waals surface area (Å²) in [7, 11) is 2.12. The first kappa shape index (κ1) is 10.4. The summed E-state index contributed by atoms with van der Waals surface area (Å²) in [6, 6.07) is 7.30. The molecule has 0 aliphatic carbocycles. The number of benzene rings is 1. The van der Waals surface area contributed by atoms with Crippen LogP contribution in [-0.4, -0.2) is 37.6 Å². The molecular weight excluding hydrogens is 191 g/mol. The molecule has 1 heterocycles. The Bertz CT molecular complexity index is 340. The number of rotatable bonds is 1. The van der Waals surface area contributed by atoms with Crippen LogP contribution >= 0.6 is 0 Å². The standard InChI is InChI=1S/C12H17FN2/c1-10-9-14(2)6-7-15(10)12-5-3-4-11(13)8-12/h3-5,8,10H,6-7,9H2,1-2H3. The van der Waals surface area contributed by atoms with E-state index in [-0.39, 0.29) is 5.82 Å². The molecule has 0 saturated carbocycles. The fraction of sp³-hybridized carbons (Fsp3) is 0.500. The van der Waals surface area contributed by atoms with Gasteiger partial charge in [-0.05, 0) is 32.2 Å². The van der Waals surface area contributed by atoms with E-state index in [1.54, 1.807) is 12.1 Å². The molecule has 1 fully saturated rings. The molecule has 0 amide bonds. The summed E-state index contributed by atoms with van der Waals surface area (Å²) in [6.45, 7) is 5.24. The van der Waals surface area contributed by atoms with E-state index < -0.39 is 0 Å². The molecule has 0 radical (unpaired) electrons. The second kappa shape index (κ2) is 4.19. The lowest BCUT2D eigenvalue weighted by Gasteiger charge is -2.39. The predicted molar refractivity (Wildman–Crippen MR) is 60.7 cm³/mol. The molecule has 1 aromatic rings. The van der Waals surface area contributed by atoms with Gasteiger partial charge in [0.05, 0.1) is 0 Å². The fourth-order valence-electron chi connectivity index (χ4n) is 2.18. The van der Waals surface area contributed by atoms with Gasteiger partial charge in [0.15, 0.2) is 0 Å². The van der Waals surface area contributed by atoms with Gasteiger partial charge in [-0.25, -0.2) is 4.39 Å². The quantitative estimate of drug-likeness (QED) is 0.696. The highest BCUT2D eigenvalue weighted by Gasteiger charge is 2.21. The monoisotopic (exact) mass is 208 g/mol. The molecule has 1 aliphatic rings. The summed E-state index contributed by atoms with van der Waals surface area (Å²) in [5, 5.41) is 0. The maximum Gasteiger partial charge on any atom is 0.125 e. The molecule has 0 bridgehead atoms.